The summed E-state index contributed by atoms with van der Waals surface area (Å²) in [6.45, 7) is 0. The first-order chi connectivity index (χ1) is 14.6. The number of halogens is 4. The van der Waals surface area contributed by atoms with Crippen molar-refractivity contribution < 1.29 is 22.9 Å². The van der Waals surface area contributed by atoms with Gasteiger partial charge in [0.2, 0.25) is 0 Å². The monoisotopic (exact) mass is 446 g/mol. The van der Waals surface area contributed by atoms with E-state index in [9.17, 15) is 28.1 Å². The van der Waals surface area contributed by atoms with Gasteiger partial charge in [-0.1, -0.05) is 54.1 Å². The van der Waals surface area contributed by atoms with E-state index in [4.69, 9.17) is 11.6 Å². The zero-order valence-electron chi connectivity index (χ0n) is 15.7. The predicted octanol–water partition coefficient (Wildman–Crippen LogP) is 6.69. The van der Waals surface area contributed by atoms with Crippen molar-refractivity contribution in [2.24, 2.45) is 0 Å². The lowest BCUT2D eigenvalue weighted by molar-refractivity contribution is -0.384. The van der Waals surface area contributed by atoms with Gasteiger partial charge in [0.15, 0.2) is 0 Å². The molecule has 3 aromatic rings. The summed E-state index contributed by atoms with van der Waals surface area (Å²) in [7, 11) is 0. The average molecular weight is 447 g/mol. The van der Waals surface area contributed by atoms with Crippen molar-refractivity contribution in [3.8, 4) is 0 Å². The molecular weight excluding hydrogens is 433 g/mol. The number of rotatable bonds is 5. The van der Waals surface area contributed by atoms with Gasteiger partial charge < -0.3 is 5.32 Å². The van der Waals surface area contributed by atoms with E-state index in [1.807, 2.05) is 0 Å². The maximum atomic E-state index is 12.9. The highest BCUT2D eigenvalue weighted by molar-refractivity contribution is 6.32. The number of anilines is 1. The van der Waals surface area contributed by atoms with Gasteiger partial charge >= 0.3 is 6.18 Å². The van der Waals surface area contributed by atoms with Gasteiger partial charge in [0.25, 0.3) is 11.6 Å². The molecule has 0 saturated carbocycles. The summed E-state index contributed by atoms with van der Waals surface area (Å²) in [6, 6.07) is 15.1. The number of hydrogen-bond acceptors (Lipinski definition) is 3. The molecule has 0 aliphatic carbocycles. The van der Waals surface area contributed by atoms with Crippen molar-refractivity contribution >= 4 is 41.0 Å². The third-order valence-electron chi connectivity index (χ3n) is 4.28. The minimum Gasteiger partial charge on any atom is -0.322 e. The Morgan fingerprint density at radius 2 is 1.74 bits per heavy atom. The Hall–Kier alpha value is -3.65. The molecular formula is C22H14ClF3N2O3. The van der Waals surface area contributed by atoms with Crippen LogP contribution in [0.5, 0.6) is 0 Å². The van der Waals surface area contributed by atoms with Crippen LogP contribution in [-0.2, 0) is 6.18 Å². The summed E-state index contributed by atoms with van der Waals surface area (Å²) < 4.78 is 38.7. The first kappa shape index (κ1) is 22.0. The maximum absolute atomic E-state index is 12.9. The van der Waals surface area contributed by atoms with E-state index in [0.29, 0.717) is 11.1 Å². The molecule has 0 atom stereocenters. The van der Waals surface area contributed by atoms with Gasteiger partial charge in [-0.25, -0.2) is 0 Å². The minimum absolute atomic E-state index is 0.00279. The Balaban J connectivity index is 1.85. The topological polar surface area (TPSA) is 72.2 Å². The zero-order chi connectivity index (χ0) is 22.6. The summed E-state index contributed by atoms with van der Waals surface area (Å²) in [6.07, 6.45) is -1.38. The summed E-state index contributed by atoms with van der Waals surface area (Å²) in [4.78, 5) is 23.1. The van der Waals surface area contributed by atoms with Crippen molar-refractivity contribution in [3.63, 3.8) is 0 Å². The molecule has 9 heteroatoms. The first-order valence-corrected chi connectivity index (χ1v) is 9.22. The number of hydrogen-bond donors (Lipinski definition) is 1. The van der Waals surface area contributed by atoms with Crippen LogP contribution in [0, 0.1) is 10.1 Å². The number of alkyl halides is 3. The molecule has 5 nitrogen and oxygen atoms in total. The summed E-state index contributed by atoms with van der Waals surface area (Å²) in [5, 5.41) is 13.5. The third kappa shape index (κ3) is 5.49. The Morgan fingerprint density at radius 1 is 1.00 bits per heavy atom. The molecule has 0 heterocycles. The molecule has 0 saturated heterocycles. The molecule has 0 bridgehead atoms. The largest absolute Gasteiger partial charge is 0.416 e. The van der Waals surface area contributed by atoms with E-state index in [0.717, 1.165) is 12.1 Å². The molecule has 158 valence electrons. The van der Waals surface area contributed by atoms with Gasteiger partial charge in [-0.3, -0.25) is 14.9 Å². The van der Waals surface area contributed by atoms with Crippen LogP contribution < -0.4 is 5.32 Å². The smallest absolute Gasteiger partial charge is 0.322 e. The van der Waals surface area contributed by atoms with Crippen LogP contribution >= 0.6 is 11.6 Å². The van der Waals surface area contributed by atoms with Gasteiger partial charge in [0.1, 0.15) is 5.02 Å². The second-order valence-corrected chi connectivity index (χ2v) is 6.83. The Kier molecular flexibility index (Phi) is 6.41. The van der Waals surface area contributed by atoms with E-state index in [1.165, 1.54) is 30.3 Å². The lowest BCUT2D eigenvalue weighted by atomic mass is 10.0. The lowest BCUT2D eigenvalue weighted by Crippen LogP contribution is -2.14. The van der Waals surface area contributed by atoms with E-state index in [-0.39, 0.29) is 22.0 Å². The molecule has 0 aliphatic heterocycles. The minimum atomic E-state index is -4.53. The van der Waals surface area contributed by atoms with Gasteiger partial charge in [-0.15, -0.1) is 0 Å². The van der Waals surface area contributed by atoms with E-state index in [2.05, 4.69) is 5.32 Å². The zero-order valence-corrected chi connectivity index (χ0v) is 16.4. The molecule has 31 heavy (non-hydrogen) atoms. The van der Waals surface area contributed by atoms with Gasteiger partial charge in [0.05, 0.1) is 10.5 Å². The molecule has 0 unspecified atom stereocenters. The quantitative estimate of drug-likeness (QED) is 0.269. The van der Waals surface area contributed by atoms with Crippen molar-refractivity contribution in [1.82, 2.24) is 0 Å². The number of nitro benzene ring substituents is 1. The fraction of sp³-hybridized carbons (Fsp3) is 0.0455. The Morgan fingerprint density at radius 3 is 2.45 bits per heavy atom. The van der Waals surface area contributed by atoms with Crippen LogP contribution in [-0.4, -0.2) is 10.8 Å². The number of carbonyl (C=O) groups is 1. The highest BCUT2D eigenvalue weighted by Crippen LogP contribution is 2.31. The van der Waals surface area contributed by atoms with Crippen LogP contribution in [0.25, 0.3) is 12.2 Å². The van der Waals surface area contributed by atoms with Crippen molar-refractivity contribution in [3.05, 3.63) is 104 Å². The molecule has 1 amide bonds. The molecule has 3 aromatic carbocycles. The molecule has 0 fully saturated rings. The molecule has 0 spiro atoms. The SMILES string of the molecule is O=C(Nc1cccc(C(F)(F)F)c1)c1ccccc1C=Cc1ccc(Cl)c([N+](=O)[O-])c1. The average Bonchev–Trinajstić information content (AvgIpc) is 2.72. The number of nitrogens with zero attached hydrogens (tertiary/aromatic N) is 1. The maximum Gasteiger partial charge on any atom is 0.416 e. The molecule has 3 rings (SSSR count). The number of nitrogens with one attached hydrogen (secondary N) is 1. The van der Waals surface area contributed by atoms with Crippen LogP contribution in [0.1, 0.15) is 27.0 Å². The van der Waals surface area contributed by atoms with Crippen molar-refractivity contribution in [1.29, 1.82) is 0 Å². The fourth-order valence-electron chi connectivity index (χ4n) is 2.78. The van der Waals surface area contributed by atoms with Crippen LogP contribution in [0.3, 0.4) is 0 Å². The normalized spacial score (nSPS) is 11.5. The molecule has 0 aromatic heterocycles. The van der Waals surface area contributed by atoms with E-state index >= 15 is 0 Å². The van der Waals surface area contributed by atoms with Crippen LogP contribution in [0.15, 0.2) is 66.7 Å². The highest BCUT2D eigenvalue weighted by atomic mass is 35.5. The molecule has 1 N–H and O–H groups in total. The van der Waals surface area contributed by atoms with Crippen LogP contribution in [0.4, 0.5) is 24.5 Å². The molecule has 0 radical (unpaired) electrons. The number of nitro groups is 1. The predicted molar refractivity (Wildman–Crippen MR) is 113 cm³/mol. The standard InChI is InChI=1S/C22H14ClF3N2O3/c23-19-11-9-14(12-20(19)28(30)31)8-10-15-4-1-2-7-18(15)21(29)27-17-6-3-5-16(13-17)22(24,25)26/h1-13H,(H,27,29). The van der Waals surface area contributed by atoms with E-state index in [1.54, 1.807) is 36.4 Å². The number of carbonyl (C=O) groups excluding carboxylic acids is 1. The molecule has 0 aliphatic rings. The van der Waals surface area contributed by atoms with E-state index < -0.39 is 22.6 Å². The summed E-state index contributed by atoms with van der Waals surface area (Å²) in [5.74, 6) is -0.596. The summed E-state index contributed by atoms with van der Waals surface area (Å²) >= 11 is 5.80. The van der Waals surface area contributed by atoms with Crippen molar-refractivity contribution in [2.75, 3.05) is 5.32 Å². The highest BCUT2D eigenvalue weighted by Gasteiger charge is 2.30. The first-order valence-electron chi connectivity index (χ1n) is 8.85. The van der Waals surface area contributed by atoms with Crippen molar-refractivity contribution in [2.45, 2.75) is 6.18 Å². The fourth-order valence-corrected chi connectivity index (χ4v) is 2.97. The number of benzene rings is 3. The Bertz CT molecular complexity index is 1180. The summed E-state index contributed by atoms with van der Waals surface area (Å²) in [5.41, 5.74) is 0.0718. The number of amides is 1. The lowest BCUT2D eigenvalue weighted by Gasteiger charge is -2.11. The van der Waals surface area contributed by atoms with Crippen LogP contribution in [0.2, 0.25) is 5.02 Å². The van der Waals surface area contributed by atoms with Gasteiger partial charge in [-0.2, -0.15) is 13.2 Å². The van der Waals surface area contributed by atoms with Gasteiger partial charge in [0, 0.05) is 17.3 Å². The second-order valence-electron chi connectivity index (χ2n) is 6.42. The third-order valence-corrected chi connectivity index (χ3v) is 4.60. The second kappa shape index (κ2) is 9.01. The Labute approximate surface area is 179 Å². The van der Waals surface area contributed by atoms with Gasteiger partial charge in [-0.05, 0) is 41.5 Å².